The maximum absolute atomic E-state index is 5.76. The molecule has 0 saturated carbocycles. The Hall–Kier alpha value is -1.16. The third-order valence-corrected chi connectivity index (χ3v) is 3.41. The van der Waals surface area contributed by atoms with Gasteiger partial charge >= 0.3 is 0 Å². The summed E-state index contributed by atoms with van der Waals surface area (Å²) in [5.74, 6) is 0.825. The third-order valence-electron chi connectivity index (χ3n) is 3.41. The van der Waals surface area contributed by atoms with E-state index in [1.54, 1.807) is 0 Å². The van der Waals surface area contributed by atoms with Crippen LogP contribution in [0.15, 0.2) is 12.4 Å². The highest BCUT2D eigenvalue weighted by atomic mass is 15.3. The molecule has 0 bridgehead atoms. The predicted octanol–water partition coefficient (Wildman–Crippen LogP) is 1.70. The molecule has 0 aromatic carbocycles. The normalized spacial score (nSPS) is 20.9. The number of rotatable bonds is 2. The van der Waals surface area contributed by atoms with Crippen molar-refractivity contribution in [2.45, 2.75) is 45.1 Å². The Balaban J connectivity index is 2.18. The Morgan fingerprint density at radius 2 is 2.00 bits per heavy atom. The Kier molecular flexibility index (Phi) is 3.33. The van der Waals surface area contributed by atoms with E-state index in [0.717, 1.165) is 18.9 Å². The minimum Gasteiger partial charge on any atom is -0.337 e. The maximum Gasteiger partial charge on any atom is 0.225 e. The van der Waals surface area contributed by atoms with E-state index in [1.165, 1.54) is 12.0 Å². The molecule has 2 rings (SSSR count). The number of anilines is 1. The summed E-state index contributed by atoms with van der Waals surface area (Å²) in [6, 6.07) is 0.412. The van der Waals surface area contributed by atoms with E-state index >= 15 is 0 Å². The molecule has 1 aliphatic heterocycles. The number of aromatic nitrogens is 2. The average molecular weight is 234 g/mol. The summed E-state index contributed by atoms with van der Waals surface area (Å²) in [4.78, 5) is 11.2. The number of hydrogen-bond donors (Lipinski definition) is 1. The van der Waals surface area contributed by atoms with Crippen molar-refractivity contribution in [2.75, 3.05) is 18.0 Å². The molecule has 0 amide bonds. The van der Waals surface area contributed by atoms with E-state index in [9.17, 15) is 0 Å². The van der Waals surface area contributed by atoms with Crippen LogP contribution in [0.2, 0.25) is 0 Å². The minimum absolute atomic E-state index is 0.108. The number of nitrogens with two attached hydrogens (primary N) is 1. The Labute approximate surface area is 103 Å². The van der Waals surface area contributed by atoms with E-state index in [4.69, 9.17) is 5.73 Å². The van der Waals surface area contributed by atoms with Crippen LogP contribution < -0.4 is 10.6 Å². The van der Waals surface area contributed by atoms with Gasteiger partial charge in [0.2, 0.25) is 5.95 Å². The van der Waals surface area contributed by atoms with Gasteiger partial charge in [-0.3, -0.25) is 0 Å². The van der Waals surface area contributed by atoms with Crippen molar-refractivity contribution in [3.8, 4) is 0 Å². The Morgan fingerprint density at radius 3 is 2.53 bits per heavy atom. The molecule has 1 unspecified atom stereocenters. The predicted molar refractivity (Wildman–Crippen MR) is 70.2 cm³/mol. The number of nitrogens with zero attached hydrogens (tertiary/aromatic N) is 3. The van der Waals surface area contributed by atoms with Gasteiger partial charge in [0, 0.05) is 31.5 Å². The van der Waals surface area contributed by atoms with Gasteiger partial charge in [-0.25, -0.2) is 9.97 Å². The monoisotopic (exact) mass is 234 g/mol. The first-order valence-electron chi connectivity index (χ1n) is 6.31. The van der Waals surface area contributed by atoms with Crippen molar-refractivity contribution >= 4 is 5.95 Å². The summed E-state index contributed by atoms with van der Waals surface area (Å²) in [6.45, 7) is 8.22. The number of hydrogen-bond acceptors (Lipinski definition) is 4. The average Bonchev–Trinajstić information content (AvgIpc) is 2.76. The first-order valence-corrected chi connectivity index (χ1v) is 6.31. The molecule has 0 radical (unpaired) electrons. The molecule has 0 aliphatic carbocycles. The van der Waals surface area contributed by atoms with Crippen molar-refractivity contribution < 1.29 is 0 Å². The highest BCUT2D eigenvalue weighted by Gasteiger charge is 2.25. The molecule has 2 N–H and O–H groups in total. The molecule has 1 aromatic rings. The molecule has 94 valence electrons. The van der Waals surface area contributed by atoms with E-state index in [-0.39, 0.29) is 5.41 Å². The van der Waals surface area contributed by atoms with Crippen molar-refractivity contribution in [3.05, 3.63) is 18.0 Å². The molecule has 1 aromatic heterocycles. The van der Waals surface area contributed by atoms with Crippen LogP contribution in [-0.4, -0.2) is 29.1 Å². The van der Waals surface area contributed by atoms with E-state index in [0.29, 0.717) is 12.6 Å². The second kappa shape index (κ2) is 4.61. The fourth-order valence-electron chi connectivity index (χ4n) is 2.20. The molecule has 1 saturated heterocycles. The van der Waals surface area contributed by atoms with Gasteiger partial charge in [0.1, 0.15) is 0 Å². The van der Waals surface area contributed by atoms with Gasteiger partial charge < -0.3 is 10.6 Å². The van der Waals surface area contributed by atoms with Crippen LogP contribution in [0.5, 0.6) is 0 Å². The lowest BCUT2D eigenvalue weighted by Gasteiger charge is -2.24. The summed E-state index contributed by atoms with van der Waals surface area (Å²) >= 11 is 0. The highest BCUT2D eigenvalue weighted by Crippen LogP contribution is 2.24. The van der Waals surface area contributed by atoms with Crippen LogP contribution >= 0.6 is 0 Å². The van der Waals surface area contributed by atoms with Gasteiger partial charge in [-0.2, -0.15) is 0 Å². The summed E-state index contributed by atoms with van der Waals surface area (Å²) < 4.78 is 0. The second-order valence-corrected chi connectivity index (χ2v) is 5.75. The molecule has 0 spiro atoms. The lowest BCUT2D eigenvalue weighted by atomic mass is 9.89. The summed E-state index contributed by atoms with van der Waals surface area (Å²) in [5, 5.41) is 0. The van der Waals surface area contributed by atoms with Gasteiger partial charge in [-0.15, -0.1) is 0 Å². The Morgan fingerprint density at radius 1 is 1.35 bits per heavy atom. The van der Waals surface area contributed by atoms with Crippen LogP contribution in [0, 0.1) is 0 Å². The van der Waals surface area contributed by atoms with Crippen LogP contribution in [0.25, 0.3) is 0 Å². The van der Waals surface area contributed by atoms with E-state index < -0.39 is 0 Å². The Bertz CT molecular complexity index is 366. The van der Waals surface area contributed by atoms with Crippen LogP contribution in [0.4, 0.5) is 5.95 Å². The molecule has 4 nitrogen and oxygen atoms in total. The van der Waals surface area contributed by atoms with Gasteiger partial charge in [-0.05, 0) is 23.8 Å². The minimum atomic E-state index is 0.108. The molecule has 1 fully saturated rings. The zero-order valence-electron chi connectivity index (χ0n) is 11.0. The zero-order chi connectivity index (χ0) is 12.5. The lowest BCUT2D eigenvalue weighted by Crippen LogP contribution is -2.36. The van der Waals surface area contributed by atoms with Gasteiger partial charge in [0.15, 0.2) is 0 Å². The lowest BCUT2D eigenvalue weighted by molar-refractivity contribution is 0.582. The van der Waals surface area contributed by atoms with Crippen LogP contribution in [0.3, 0.4) is 0 Å². The first kappa shape index (κ1) is 12.3. The van der Waals surface area contributed by atoms with Crippen molar-refractivity contribution in [2.24, 2.45) is 5.73 Å². The van der Waals surface area contributed by atoms with Crippen molar-refractivity contribution in [1.29, 1.82) is 0 Å². The summed E-state index contributed by atoms with van der Waals surface area (Å²) in [6.07, 6.45) is 6.22. The van der Waals surface area contributed by atoms with Crippen molar-refractivity contribution in [3.63, 3.8) is 0 Å². The topological polar surface area (TPSA) is 55.0 Å². The summed E-state index contributed by atoms with van der Waals surface area (Å²) in [7, 11) is 0. The highest BCUT2D eigenvalue weighted by molar-refractivity contribution is 5.34. The smallest absolute Gasteiger partial charge is 0.225 e. The SMILES string of the molecule is CC(C)(C)c1cnc(N2CCCC2CN)nc1. The molecule has 2 heterocycles. The molecule has 1 aliphatic rings. The van der Waals surface area contributed by atoms with Crippen LogP contribution in [0.1, 0.15) is 39.2 Å². The fourth-order valence-corrected chi connectivity index (χ4v) is 2.20. The standard InChI is InChI=1S/C13H22N4/c1-13(2,3)10-8-15-12(16-9-10)17-6-4-5-11(17)7-14/h8-9,11H,4-7,14H2,1-3H3. The molecule has 17 heavy (non-hydrogen) atoms. The molecular formula is C13H22N4. The second-order valence-electron chi connectivity index (χ2n) is 5.75. The van der Waals surface area contributed by atoms with Crippen molar-refractivity contribution in [1.82, 2.24) is 9.97 Å². The first-order chi connectivity index (χ1) is 8.02. The van der Waals surface area contributed by atoms with E-state index in [1.807, 2.05) is 12.4 Å². The zero-order valence-corrected chi connectivity index (χ0v) is 11.0. The van der Waals surface area contributed by atoms with Gasteiger partial charge in [0.05, 0.1) is 0 Å². The van der Waals surface area contributed by atoms with Gasteiger partial charge in [-0.1, -0.05) is 20.8 Å². The quantitative estimate of drug-likeness (QED) is 0.846. The third kappa shape index (κ3) is 2.57. The maximum atomic E-state index is 5.76. The molecule has 4 heteroatoms. The fraction of sp³-hybridized carbons (Fsp3) is 0.692. The van der Waals surface area contributed by atoms with Crippen LogP contribution in [-0.2, 0) is 5.41 Å². The van der Waals surface area contributed by atoms with Gasteiger partial charge in [0.25, 0.3) is 0 Å². The largest absolute Gasteiger partial charge is 0.337 e. The molecule has 1 atom stereocenters. The van der Waals surface area contributed by atoms with E-state index in [2.05, 4.69) is 35.6 Å². The summed E-state index contributed by atoms with van der Waals surface area (Å²) in [5.41, 5.74) is 7.04. The molecular weight excluding hydrogens is 212 g/mol.